The van der Waals surface area contributed by atoms with Crippen LogP contribution in [0.2, 0.25) is 0 Å². The maximum atomic E-state index is 6.64. The molecule has 11 rings (SSSR count). The summed E-state index contributed by atoms with van der Waals surface area (Å²) in [5.74, 6) is 0. The fraction of sp³-hybridized carbons (Fsp3) is 0. The van der Waals surface area contributed by atoms with Crippen molar-refractivity contribution >= 4 is 82.5 Å². The van der Waals surface area contributed by atoms with E-state index in [1.54, 1.807) is 0 Å². The van der Waals surface area contributed by atoms with E-state index in [0.29, 0.717) is 0 Å². The molecule has 0 saturated heterocycles. The smallest absolute Gasteiger partial charge is 0.143 e. The Morgan fingerprint density at radius 1 is 0.340 bits per heavy atom. The van der Waals surface area contributed by atoms with Crippen molar-refractivity contribution in [2.45, 2.75) is 0 Å². The van der Waals surface area contributed by atoms with E-state index in [1.807, 2.05) is 12.1 Å². The van der Waals surface area contributed by atoms with Crippen LogP contribution < -0.4 is 4.90 Å². The van der Waals surface area contributed by atoms with Crippen LogP contribution in [0.5, 0.6) is 0 Å². The number of furan rings is 2. The summed E-state index contributed by atoms with van der Waals surface area (Å²) in [6.45, 7) is 0. The number of hydrogen-bond acceptors (Lipinski definition) is 3. The lowest BCUT2D eigenvalue weighted by molar-refractivity contribution is 0.669. The lowest BCUT2D eigenvalue weighted by atomic mass is 9.95. The van der Waals surface area contributed by atoms with Crippen molar-refractivity contribution in [1.29, 1.82) is 0 Å². The van der Waals surface area contributed by atoms with Crippen molar-refractivity contribution in [3.8, 4) is 22.3 Å². The van der Waals surface area contributed by atoms with Crippen LogP contribution in [0.1, 0.15) is 0 Å². The summed E-state index contributed by atoms with van der Waals surface area (Å²) in [5.41, 5.74) is 11.2. The molecule has 2 heterocycles. The topological polar surface area (TPSA) is 29.5 Å². The molecule has 2 aromatic heterocycles. The number of fused-ring (bicyclic) bond motifs is 9. The predicted molar refractivity (Wildman–Crippen MR) is 222 cm³/mol. The van der Waals surface area contributed by atoms with E-state index >= 15 is 0 Å². The minimum absolute atomic E-state index is 0.853. The zero-order valence-electron chi connectivity index (χ0n) is 28.7. The molecule has 0 aliphatic carbocycles. The Balaban J connectivity index is 1.15. The maximum absolute atomic E-state index is 6.64. The summed E-state index contributed by atoms with van der Waals surface area (Å²) < 4.78 is 13.1. The second kappa shape index (κ2) is 11.7. The highest BCUT2D eigenvalue weighted by Gasteiger charge is 2.22. The normalized spacial score (nSPS) is 11.8. The van der Waals surface area contributed by atoms with Crippen LogP contribution in [0.4, 0.5) is 17.1 Å². The monoisotopic (exact) mass is 677 g/mol. The lowest BCUT2D eigenvalue weighted by Crippen LogP contribution is -2.11. The number of benzene rings is 9. The first kappa shape index (κ1) is 29.6. The molecule has 248 valence electrons. The quantitative estimate of drug-likeness (QED) is 0.182. The van der Waals surface area contributed by atoms with Gasteiger partial charge in [-0.25, -0.2) is 0 Å². The number of nitrogens with zero attached hydrogens (tertiary/aromatic N) is 1. The molecule has 3 heteroatoms. The summed E-state index contributed by atoms with van der Waals surface area (Å²) in [7, 11) is 0. The average Bonchev–Trinajstić information content (AvgIpc) is 3.80. The third-order valence-corrected chi connectivity index (χ3v) is 10.6. The molecule has 0 unspecified atom stereocenters. The largest absolute Gasteiger partial charge is 0.456 e. The van der Waals surface area contributed by atoms with E-state index in [4.69, 9.17) is 8.83 Å². The molecule has 0 radical (unpaired) electrons. The van der Waals surface area contributed by atoms with Gasteiger partial charge in [0.05, 0.1) is 5.69 Å². The van der Waals surface area contributed by atoms with Gasteiger partial charge in [-0.2, -0.15) is 0 Å². The zero-order chi connectivity index (χ0) is 34.9. The Kier molecular flexibility index (Phi) is 6.55. The van der Waals surface area contributed by atoms with E-state index in [-0.39, 0.29) is 0 Å². The van der Waals surface area contributed by atoms with Crippen molar-refractivity contribution in [3.05, 3.63) is 188 Å². The molecule has 0 amide bonds. The SMILES string of the molecule is c1cc(-c2ccc3ccccc3c2)cc(N(c2ccc3c(c2)oc2ccccc23)c2ccccc2-c2cccc3oc4c5ccccc5ccc4c23)c1. The van der Waals surface area contributed by atoms with Gasteiger partial charge in [-0.3, -0.25) is 0 Å². The molecule has 9 aromatic carbocycles. The van der Waals surface area contributed by atoms with Crippen molar-refractivity contribution in [2.24, 2.45) is 0 Å². The van der Waals surface area contributed by atoms with Crippen LogP contribution in [0.3, 0.4) is 0 Å². The Labute approximate surface area is 305 Å². The zero-order valence-corrected chi connectivity index (χ0v) is 28.7. The van der Waals surface area contributed by atoms with Gasteiger partial charge in [0.15, 0.2) is 0 Å². The molecular weight excluding hydrogens is 647 g/mol. The van der Waals surface area contributed by atoms with Crippen molar-refractivity contribution < 1.29 is 8.83 Å². The van der Waals surface area contributed by atoms with Crippen molar-refractivity contribution in [2.75, 3.05) is 4.90 Å². The van der Waals surface area contributed by atoms with Gasteiger partial charge >= 0.3 is 0 Å². The second-order valence-electron chi connectivity index (χ2n) is 13.7. The number of hydrogen-bond donors (Lipinski definition) is 0. The molecule has 3 nitrogen and oxygen atoms in total. The van der Waals surface area contributed by atoms with Crippen molar-refractivity contribution in [1.82, 2.24) is 0 Å². The molecule has 0 aliphatic heterocycles. The van der Waals surface area contributed by atoms with Crippen LogP contribution in [-0.4, -0.2) is 0 Å². The van der Waals surface area contributed by atoms with Gasteiger partial charge in [-0.1, -0.05) is 127 Å². The Morgan fingerprint density at radius 3 is 1.94 bits per heavy atom. The Bertz CT molecular complexity index is 3200. The highest BCUT2D eigenvalue weighted by molar-refractivity contribution is 6.20. The van der Waals surface area contributed by atoms with Gasteiger partial charge in [0.25, 0.3) is 0 Å². The molecule has 0 aliphatic rings. The average molecular weight is 678 g/mol. The third-order valence-electron chi connectivity index (χ3n) is 10.6. The van der Waals surface area contributed by atoms with E-state index in [9.17, 15) is 0 Å². The van der Waals surface area contributed by atoms with E-state index in [1.165, 1.54) is 21.7 Å². The van der Waals surface area contributed by atoms with Crippen LogP contribution in [0, 0.1) is 0 Å². The van der Waals surface area contributed by atoms with Crippen LogP contribution >= 0.6 is 0 Å². The molecule has 0 spiro atoms. The molecule has 0 N–H and O–H groups in total. The van der Waals surface area contributed by atoms with Crippen molar-refractivity contribution in [3.63, 3.8) is 0 Å². The highest BCUT2D eigenvalue weighted by atomic mass is 16.3. The summed E-state index contributed by atoms with van der Waals surface area (Å²) in [5, 5.41) is 9.18. The molecule has 11 aromatic rings. The van der Waals surface area contributed by atoms with Crippen LogP contribution in [0.25, 0.3) is 87.7 Å². The van der Waals surface area contributed by atoms with Gasteiger partial charge in [0, 0.05) is 49.9 Å². The first-order chi connectivity index (χ1) is 26.3. The summed E-state index contributed by atoms with van der Waals surface area (Å²) in [6.07, 6.45) is 0. The van der Waals surface area contributed by atoms with Crippen LogP contribution in [0.15, 0.2) is 197 Å². The van der Waals surface area contributed by atoms with Gasteiger partial charge in [0.1, 0.15) is 22.3 Å². The first-order valence-corrected chi connectivity index (χ1v) is 18.0. The third kappa shape index (κ3) is 4.75. The molecule has 53 heavy (non-hydrogen) atoms. The molecule has 0 atom stereocenters. The van der Waals surface area contributed by atoms with E-state index in [0.717, 1.165) is 83.0 Å². The highest BCUT2D eigenvalue weighted by Crippen LogP contribution is 2.47. The molecule has 0 bridgehead atoms. The fourth-order valence-electron chi connectivity index (χ4n) is 8.15. The Hall–Kier alpha value is -7.10. The molecular formula is C50H31NO2. The van der Waals surface area contributed by atoms with Gasteiger partial charge < -0.3 is 13.7 Å². The van der Waals surface area contributed by atoms with E-state index in [2.05, 4.69) is 181 Å². The van der Waals surface area contributed by atoms with Gasteiger partial charge in [-0.05, 0) is 87.4 Å². The predicted octanol–water partition coefficient (Wildman–Crippen LogP) is 14.6. The minimum atomic E-state index is 0.853. The molecule has 0 saturated carbocycles. The summed E-state index contributed by atoms with van der Waals surface area (Å²) in [6, 6.07) is 66.8. The second-order valence-corrected chi connectivity index (χ2v) is 13.7. The summed E-state index contributed by atoms with van der Waals surface area (Å²) in [4.78, 5) is 2.36. The summed E-state index contributed by atoms with van der Waals surface area (Å²) >= 11 is 0. The van der Waals surface area contributed by atoms with Gasteiger partial charge in [0.2, 0.25) is 0 Å². The molecule has 0 fully saturated rings. The number of anilines is 3. The Morgan fingerprint density at radius 2 is 1.00 bits per heavy atom. The number of para-hydroxylation sites is 2. The minimum Gasteiger partial charge on any atom is -0.456 e. The number of rotatable bonds is 5. The maximum Gasteiger partial charge on any atom is 0.143 e. The van der Waals surface area contributed by atoms with Crippen LogP contribution in [-0.2, 0) is 0 Å². The standard InChI is InChI=1S/C50H31NO2/c1-2-13-34-29-36(24-23-32(34)11-1)35-14-9-15-37(30-35)51(38-26-28-42-41-18-6-8-21-46(41)52-48(42)31-38)45-20-7-5-17-40(45)43-19-10-22-47-49(43)44-27-25-33-12-3-4-16-39(33)50(44)53-47/h1-31H. The van der Waals surface area contributed by atoms with Gasteiger partial charge in [-0.15, -0.1) is 0 Å². The first-order valence-electron chi connectivity index (χ1n) is 18.0. The lowest BCUT2D eigenvalue weighted by Gasteiger charge is -2.28. The van der Waals surface area contributed by atoms with E-state index < -0.39 is 0 Å². The fourth-order valence-corrected chi connectivity index (χ4v) is 8.15.